The number of thioether (sulfide) groups is 1. The van der Waals surface area contributed by atoms with Crippen LogP contribution in [-0.4, -0.2) is 34.1 Å². The molecule has 0 saturated carbocycles. The number of halogens is 2. The number of likely N-dealkylation sites (N-methyl/N-ethyl adjacent to an activating group) is 1. The molecule has 0 bridgehead atoms. The number of ether oxygens (including phenoxy) is 1. The molecule has 1 heterocycles. The standard InChI is InChI=1S/C25H18BrFN2O4S/c1-29-23(30)22(34-25(29)28-19-9-6-15(7-10-19)24(31)32)13-17-12-18(26)8-11-21(17)33-14-16-4-2-3-5-20(16)27/h2-13H,14H2,1H3,(H,31,32). The van der Waals surface area contributed by atoms with Gasteiger partial charge in [-0.1, -0.05) is 34.1 Å². The summed E-state index contributed by atoms with van der Waals surface area (Å²) in [7, 11) is 1.62. The zero-order valence-electron chi connectivity index (χ0n) is 17.9. The van der Waals surface area contributed by atoms with Crippen molar-refractivity contribution in [2.75, 3.05) is 7.05 Å². The van der Waals surface area contributed by atoms with Crippen LogP contribution in [0, 0.1) is 5.82 Å². The summed E-state index contributed by atoms with van der Waals surface area (Å²) in [6.07, 6.45) is 1.71. The molecule has 172 valence electrons. The number of amidine groups is 1. The van der Waals surface area contributed by atoms with Gasteiger partial charge >= 0.3 is 5.97 Å². The van der Waals surface area contributed by atoms with E-state index in [1.165, 1.54) is 34.9 Å². The summed E-state index contributed by atoms with van der Waals surface area (Å²) in [4.78, 5) is 30.2. The summed E-state index contributed by atoms with van der Waals surface area (Å²) < 4.78 is 20.6. The van der Waals surface area contributed by atoms with Crippen molar-refractivity contribution < 1.29 is 23.8 Å². The molecule has 0 spiro atoms. The zero-order chi connectivity index (χ0) is 24.2. The summed E-state index contributed by atoms with van der Waals surface area (Å²) in [5, 5.41) is 9.50. The van der Waals surface area contributed by atoms with E-state index in [0.29, 0.717) is 32.6 Å². The number of carbonyl (C=O) groups is 2. The van der Waals surface area contributed by atoms with E-state index in [1.54, 1.807) is 49.5 Å². The van der Waals surface area contributed by atoms with E-state index >= 15 is 0 Å². The maximum atomic E-state index is 14.0. The first-order valence-corrected chi connectivity index (χ1v) is 11.7. The Bertz CT molecular complexity index is 1320. The Morgan fingerprint density at radius 3 is 2.62 bits per heavy atom. The van der Waals surface area contributed by atoms with Crippen LogP contribution < -0.4 is 4.74 Å². The molecule has 0 aromatic heterocycles. The molecule has 6 nitrogen and oxygen atoms in total. The maximum Gasteiger partial charge on any atom is 0.335 e. The van der Waals surface area contributed by atoms with Crippen LogP contribution in [0.2, 0.25) is 0 Å². The number of hydrogen-bond donors (Lipinski definition) is 1. The molecule has 34 heavy (non-hydrogen) atoms. The van der Waals surface area contributed by atoms with Gasteiger partial charge in [-0.2, -0.15) is 0 Å². The molecule has 1 saturated heterocycles. The Kier molecular flexibility index (Phi) is 7.14. The Hall–Kier alpha value is -3.43. The molecule has 3 aromatic rings. The van der Waals surface area contributed by atoms with Gasteiger partial charge in [-0.25, -0.2) is 14.2 Å². The monoisotopic (exact) mass is 540 g/mol. The maximum absolute atomic E-state index is 14.0. The number of carbonyl (C=O) groups excluding carboxylic acids is 1. The lowest BCUT2D eigenvalue weighted by Gasteiger charge is -2.11. The molecule has 1 aliphatic rings. The quantitative estimate of drug-likeness (QED) is 0.382. The fraction of sp³-hybridized carbons (Fsp3) is 0.0800. The highest BCUT2D eigenvalue weighted by atomic mass is 79.9. The predicted molar refractivity (Wildman–Crippen MR) is 134 cm³/mol. The highest BCUT2D eigenvalue weighted by Gasteiger charge is 2.30. The third-order valence-electron chi connectivity index (χ3n) is 4.94. The number of carboxylic acids is 1. The molecule has 1 aliphatic heterocycles. The molecule has 1 fully saturated rings. The van der Waals surface area contributed by atoms with Crippen molar-refractivity contribution in [1.29, 1.82) is 0 Å². The van der Waals surface area contributed by atoms with Gasteiger partial charge in [0.2, 0.25) is 0 Å². The second-order valence-corrected chi connectivity index (χ2v) is 9.21. The molecule has 4 rings (SSSR count). The second kappa shape index (κ2) is 10.2. The molecule has 1 N–H and O–H groups in total. The summed E-state index contributed by atoms with van der Waals surface area (Å²) in [5.74, 6) is -1.09. The Morgan fingerprint density at radius 2 is 1.91 bits per heavy atom. The third kappa shape index (κ3) is 5.37. The number of benzene rings is 3. The lowest BCUT2D eigenvalue weighted by molar-refractivity contribution is -0.121. The van der Waals surface area contributed by atoms with Crippen LogP contribution in [0.1, 0.15) is 21.5 Å². The molecule has 0 atom stereocenters. The molecular formula is C25H18BrFN2O4S. The highest BCUT2D eigenvalue weighted by Crippen LogP contribution is 2.35. The van der Waals surface area contributed by atoms with Gasteiger partial charge < -0.3 is 9.84 Å². The average Bonchev–Trinajstić information content (AvgIpc) is 3.07. The van der Waals surface area contributed by atoms with Gasteiger partial charge in [-0.15, -0.1) is 0 Å². The summed E-state index contributed by atoms with van der Waals surface area (Å²) in [6.45, 7) is 0.0461. The lowest BCUT2D eigenvalue weighted by atomic mass is 10.1. The van der Waals surface area contributed by atoms with E-state index in [2.05, 4.69) is 20.9 Å². The van der Waals surface area contributed by atoms with E-state index < -0.39 is 5.97 Å². The van der Waals surface area contributed by atoms with Crippen molar-refractivity contribution in [3.63, 3.8) is 0 Å². The van der Waals surface area contributed by atoms with Crippen LogP contribution in [0.5, 0.6) is 5.75 Å². The van der Waals surface area contributed by atoms with Gasteiger partial charge in [-0.05, 0) is 66.4 Å². The van der Waals surface area contributed by atoms with E-state index in [9.17, 15) is 14.0 Å². The fourth-order valence-corrected chi connectivity index (χ4v) is 4.47. The Labute approximate surface area is 207 Å². The number of nitrogens with zero attached hydrogens (tertiary/aromatic N) is 2. The van der Waals surface area contributed by atoms with Crippen LogP contribution in [0.15, 0.2) is 81.1 Å². The Balaban J connectivity index is 1.58. The molecule has 1 amide bonds. The summed E-state index contributed by atoms with van der Waals surface area (Å²) in [6, 6.07) is 17.9. The fourth-order valence-electron chi connectivity index (χ4n) is 3.12. The second-order valence-electron chi connectivity index (χ2n) is 7.28. The number of carboxylic acid groups (broad SMARTS) is 1. The van der Waals surface area contributed by atoms with Crippen molar-refractivity contribution in [1.82, 2.24) is 4.90 Å². The molecule has 9 heteroatoms. The van der Waals surface area contributed by atoms with Gasteiger partial charge in [0.1, 0.15) is 18.2 Å². The number of aromatic carboxylic acids is 1. The van der Waals surface area contributed by atoms with Crippen molar-refractivity contribution in [2.45, 2.75) is 6.61 Å². The third-order valence-corrected chi connectivity index (χ3v) is 6.50. The van der Waals surface area contributed by atoms with Crippen LogP contribution in [0.25, 0.3) is 6.08 Å². The lowest BCUT2D eigenvalue weighted by Crippen LogP contribution is -2.23. The number of amides is 1. The minimum absolute atomic E-state index is 0.0461. The normalized spacial score (nSPS) is 15.9. The molecule has 0 aliphatic carbocycles. The predicted octanol–water partition coefficient (Wildman–Crippen LogP) is 6.10. The SMILES string of the molecule is CN1C(=O)C(=Cc2cc(Br)ccc2OCc2ccccc2F)SC1=Nc1ccc(C(=O)O)cc1. The van der Waals surface area contributed by atoms with Crippen molar-refractivity contribution >= 4 is 56.5 Å². The van der Waals surface area contributed by atoms with E-state index in [-0.39, 0.29) is 23.9 Å². The van der Waals surface area contributed by atoms with Crippen LogP contribution in [-0.2, 0) is 11.4 Å². The largest absolute Gasteiger partial charge is 0.488 e. The van der Waals surface area contributed by atoms with E-state index in [4.69, 9.17) is 9.84 Å². The highest BCUT2D eigenvalue weighted by molar-refractivity contribution is 9.10. The minimum atomic E-state index is -1.02. The van der Waals surface area contributed by atoms with Crippen molar-refractivity contribution in [3.05, 3.63) is 98.6 Å². The smallest absolute Gasteiger partial charge is 0.335 e. The van der Waals surface area contributed by atoms with Gasteiger partial charge in [0.15, 0.2) is 5.17 Å². The number of hydrogen-bond acceptors (Lipinski definition) is 5. The first-order valence-electron chi connectivity index (χ1n) is 10.1. The van der Waals surface area contributed by atoms with Gasteiger partial charge in [-0.3, -0.25) is 9.69 Å². The number of aliphatic imine (C=N–C) groups is 1. The molecular weight excluding hydrogens is 523 g/mol. The van der Waals surface area contributed by atoms with Gasteiger partial charge in [0.05, 0.1) is 16.2 Å². The average molecular weight is 541 g/mol. The Morgan fingerprint density at radius 1 is 1.18 bits per heavy atom. The minimum Gasteiger partial charge on any atom is -0.488 e. The first-order chi connectivity index (χ1) is 16.3. The topological polar surface area (TPSA) is 79.2 Å². The molecule has 3 aromatic carbocycles. The molecule has 0 radical (unpaired) electrons. The first kappa shape index (κ1) is 23.7. The van der Waals surface area contributed by atoms with Gasteiger partial charge in [0.25, 0.3) is 5.91 Å². The molecule has 0 unspecified atom stereocenters. The van der Waals surface area contributed by atoms with E-state index in [1.807, 2.05) is 12.1 Å². The summed E-state index contributed by atoms with van der Waals surface area (Å²) in [5.41, 5.74) is 1.77. The van der Waals surface area contributed by atoms with Crippen LogP contribution in [0.4, 0.5) is 10.1 Å². The van der Waals surface area contributed by atoms with Crippen molar-refractivity contribution in [3.8, 4) is 5.75 Å². The zero-order valence-corrected chi connectivity index (χ0v) is 20.3. The van der Waals surface area contributed by atoms with Crippen molar-refractivity contribution in [2.24, 2.45) is 4.99 Å². The number of rotatable bonds is 6. The van der Waals surface area contributed by atoms with Gasteiger partial charge in [0, 0.05) is 22.6 Å². The van der Waals surface area contributed by atoms with Crippen LogP contribution >= 0.6 is 27.7 Å². The van der Waals surface area contributed by atoms with Crippen LogP contribution in [0.3, 0.4) is 0 Å². The summed E-state index contributed by atoms with van der Waals surface area (Å²) >= 11 is 4.64. The van der Waals surface area contributed by atoms with E-state index in [0.717, 1.165) is 4.47 Å².